The summed E-state index contributed by atoms with van der Waals surface area (Å²) in [5.41, 5.74) is 6.28. The second-order valence-corrected chi connectivity index (χ2v) is 9.87. The van der Waals surface area contributed by atoms with E-state index in [4.69, 9.17) is 0 Å². The largest absolute Gasteiger partial charge is 0.311 e. The molecule has 0 atom stereocenters. The zero-order valence-electron chi connectivity index (χ0n) is 21.0. The molecule has 0 spiro atoms. The number of aryl methyl sites for hydroxylation is 2. The first-order valence-electron chi connectivity index (χ1n) is 11.6. The highest BCUT2D eigenvalue weighted by molar-refractivity contribution is 7.98. The van der Waals surface area contributed by atoms with Crippen molar-refractivity contribution in [3.05, 3.63) is 94.5 Å². The van der Waals surface area contributed by atoms with E-state index in [0.717, 1.165) is 28.3 Å². The normalized spacial score (nSPS) is 10.9. The molecule has 0 aliphatic carbocycles. The van der Waals surface area contributed by atoms with Gasteiger partial charge >= 0.3 is 0 Å². The predicted molar refractivity (Wildman–Crippen MR) is 146 cm³/mol. The molecule has 5 heteroatoms. The minimum Gasteiger partial charge on any atom is -0.311 e. The molecule has 0 N–H and O–H groups in total. The maximum Gasteiger partial charge on any atom is 0.258 e. The monoisotopic (exact) mass is 474 g/mol. The van der Waals surface area contributed by atoms with Crippen molar-refractivity contribution in [1.29, 1.82) is 0 Å². The summed E-state index contributed by atoms with van der Waals surface area (Å²) in [6.45, 7) is 9.02. The predicted octanol–water partition coefficient (Wildman–Crippen LogP) is 6.71. The fourth-order valence-corrected chi connectivity index (χ4v) is 4.59. The molecule has 2 amide bonds. The summed E-state index contributed by atoms with van der Waals surface area (Å²) < 4.78 is 0. The van der Waals surface area contributed by atoms with Crippen molar-refractivity contribution >= 4 is 35.0 Å². The number of carbonyl (C=O) groups excluding carboxylic acids is 2. The second-order valence-electron chi connectivity index (χ2n) is 8.89. The summed E-state index contributed by atoms with van der Waals surface area (Å²) in [6.07, 6.45) is 2.02. The van der Waals surface area contributed by atoms with E-state index >= 15 is 0 Å². The third-order valence-corrected chi connectivity index (χ3v) is 6.60. The first-order chi connectivity index (χ1) is 16.2. The van der Waals surface area contributed by atoms with Gasteiger partial charge in [-0.05, 0) is 73.0 Å². The van der Waals surface area contributed by atoms with Gasteiger partial charge in [-0.1, -0.05) is 50.2 Å². The molecule has 34 heavy (non-hydrogen) atoms. The van der Waals surface area contributed by atoms with Crippen molar-refractivity contribution in [1.82, 2.24) is 0 Å². The van der Waals surface area contributed by atoms with Crippen LogP contribution in [0.1, 0.15) is 57.2 Å². The van der Waals surface area contributed by atoms with Gasteiger partial charge in [-0.25, -0.2) is 0 Å². The molecule has 0 fully saturated rings. The van der Waals surface area contributed by atoms with Crippen LogP contribution < -0.4 is 9.80 Å². The van der Waals surface area contributed by atoms with Gasteiger partial charge in [0.1, 0.15) is 0 Å². The van der Waals surface area contributed by atoms with E-state index in [-0.39, 0.29) is 11.8 Å². The molecule has 0 saturated carbocycles. The lowest BCUT2D eigenvalue weighted by molar-refractivity contribution is 0.0979. The summed E-state index contributed by atoms with van der Waals surface area (Å²) in [5.74, 6) is 1.07. The van der Waals surface area contributed by atoms with Gasteiger partial charge in [0.05, 0.1) is 0 Å². The van der Waals surface area contributed by atoms with E-state index in [1.807, 2.05) is 67.9 Å². The summed E-state index contributed by atoms with van der Waals surface area (Å²) in [7, 11) is 1.82. The maximum atomic E-state index is 13.5. The smallest absolute Gasteiger partial charge is 0.258 e. The highest BCUT2D eigenvalue weighted by atomic mass is 32.2. The quantitative estimate of drug-likeness (QED) is 0.364. The molecular formula is C29H34N2O2S. The fourth-order valence-electron chi connectivity index (χ4n) is 4.22. The minimum atomic E-state index is -0.0951. The van der Waals surface area contributed by atoms with Crippen LogP contribution in [0.5, 0.6) is 0 Å². The number of rotatable bonds is 8. The van der Waals surface area contributed by atoms with Crippen molar-refractivity contribution in [2.24, 2.45) is 0 Å². The standard InChI is InChI=1S/C29H34N2O2S/c1-20(2)25-17-21(3)27(22(4)18-25)30(5)28(32)24-13-10-14-26(19-24)31(15-16-34-6)29(33)23-11-8-7-9-12-23/h7-14,17-20H,15-16H2,1-6H3. The molecule has 0 radical (unpaired) electrons. The minimum absolute atomic E-state index is 0.0661. The van der Waals surface area contributed by atoms with Gasteiger partial charge in [0.2, 0.25) is 0 Å². The van der Waals surface area contributed by atoms with E-state index in [1.54, 1.807) is 21.6 Å². The van der Waals surface area contributed by atoms with E-state index in [0.29, 0.717) is 23.6 Å². The highest BCUT2D eigenvalue weighted by Crippen LogP contribution is 2.30. The SMILES string of the molecule is CSCCN(C(=O)c1ccccc1)c1cccc(C(=O)N(C)c2c(C)cc(C(C)C)cc2C)c1. The van der Waals surface area contributed by atoms with Crippen LogP contribution in [0.2, 0.25) is 0 Å². The van der Waals surface area contributed by atoms with Gasteiger partial charge in [-0.2, -0.15) is 11.8 Å². The van der Waals surface area contributed by atoms with Crippen molar-refractivity contribution < 1.29 is 9.59 Å². The Morgan fingerprint density at radius 1 is 0.853 bits per heavy atom. The van der Waals surface area contributed by atoms with Gasteiger partial charge in [0.25, 0.3) is 11.8 Å². The highest BCUT2D eigenvalue weighted by Gasteiger charge is 2.22. The molecule has 0 unspecified atom stereocenters. The Labute approximate surface area is 208 Å². The lowest BCUT2D eigenvalue weighted by Gasteiger charge is -2.25. The third-order valence-electron chi connectivity index (χ3n) is 6.01. The Balaban J connectivity index is 1.94. The number of nitrogens with zero attached hydrogens (tertiary/aromatic N) is 2. The molecule has 0 bridgehead atoms. The third kappa shape index (κ3) is 5.71. The Hall–Kier alpha value is -3.05. The van der Waals surface area contributed by atoms with Crippen molar-refractivity contribution in [3.63, 3.8) is 0 Å². The van der Waals surface area contributed by atoms with Crippen molar-refractivity contribution in [3.8, 4) is 0 Å². The molecule has 3 rings (SSSR count). The Morgan fingerprint density at radius 3 is 2.06 bits per heavy atom. The molecular weight excluding hydrogens is 440 g/mol. The first kappa shape index (κ1) is 25.6. The number of anilines is 2. The first-order valence-corrected chi connectivity index (χ1v) is 13.0. The molecule has 0 aliphatic rings. The molecule has 0 aliphatic heterocycles. The Morgan fingerprint density at radius 2 is 1.47 bits per heavy atom. The summed E-state index contributed by atoms with van der Waals surface area (Å²) in [4.78, 5) is 30.3. The second kappa shape index (κ2) is 11.4. The van der Waals surface area contributed by atoms with Gasteiger partial charge < -0.3 is 9.80 Å². The van der Waals surface area contributed by atoms with Crippen LogP contribution in [0.15, 0.2) is 66.7 Å². The number of hydrogen-bond acceptors (Lipinski definition) is 3. The molecule has 0 aromatic heterocycles. The molecule has 0 saturated heterocycles. The van der Waals surface area contributed by atoms with E-state index in [9.17, 15) is 9.59 Å². The van der Waals surface area contributed by atoms with Crippen LogP contribution in [0.3, 0.4) is 0 Å². The van der Waals surface area contributed by atoms with Crippen LogP contribution in [-0.4, -0.2) is 37.4 Å². The molecule has 4 nitrogen and oxygen atoms in total. The van der Waals surface area contributed by atoms with Gasteiger partial charge in [0, 0.05) is 41.8 Å². The summed E-state index contributed by atoms with van der Waals surface area (Å²) >= 11 is 1.69. The maximum absolute atomic E-state index is 13.5. The Kier molecular flexibility index (Phi) is 8.56. The van der Waals surface area contributed by atoms with Crippen LogP contribution in [-0.2, 0) is 0 Å². The zero-order chi connectivity index (χ0) is 24.8. The van der Waals surface area contributed by atoms with Gasteiger partial charge in [-0.15, -0.1) is 0 Å². The van der Waals surface area contributed by atoms with Crippen LogP contribution in [0.4, 0.5) is 11.4 Å². The lowest BCUT2D eigenvalue weighted by Crippen LogP contribution is -2.33. The van der Waals surface area contributed by atoms with Crippen LogP contribution in [0.25, 0.3) is 0 Å². The summed E-state index contributed by atoms with van der Waals surface area (Å²) in [6, 6.07) is 21.0. The van der Waals surface area contributed by atoms with Gasteiger partial charge in [0.15, 0.2) is 0 Å². The average Bonchev–Trinajstić information content (AvgIpc) is 2.83. The number of carbonyl (C=O) groups is 2. The van der Waals surface area contributed by atoms with E-state index in [2.05, 4.69) is 39.8 Å². The summed E-state index contributed by atoms with van der Waals surface area (Å²) in [5, 5.41) is 0. The molecule has 178 valence electrons. The van der Waals surface area contributed by atoms with Crippen molar-refractivity contribution in [2.75, 3.05) is 35.4 Å². The average molecular weight is 475 g/mol. The van der Waals surface area contributed by atoms with E-state index < -0.39 is 0 Å². The molecule has 3 aromatic rings. The zero-order valence-corrected chi connectivity index (χ0v) is 21.8. The fraction of sp³-hybridized carbons (Fsp3) is 0.310. The Bertz CT molecular complexity index is 1130. The molecule has 0 heterocycles. The number of amides is 2. The van der Waals surface area contributed by atoms with Crippen LogP contribution in [0, 0.1) is 13.8 Å². The van der Waals surface area contributed by atoms with Gasteiger partial charge in [-0.3, -0.25) is 9.59 Å². The molecule has 3 aromatic carbocycles. The topological polar surface area (TPSA) is 40.6 Å². The van der Waals surface area contributed by atoms with E-state index in [1.165, 1.54) is 5.56 Å². The number of thioether (sulfide) groups is 1. The number of benzene rings is 3. The number of hydrogen-bond donors (Lipinski definition) is 0. The lowest BCUT2D eigenvalue weighted by atomic mass is 9.96. The van der Waals surface area contributed by atoms with Crippen LogP contribution >= 0.6 is 11.8 Å². The van der Waals surface area contributed by atoms with Crippen molar-refractivity contribution in [2.45, 2.75) is 33.6 Å².